The second-order valence-electron chi connectivity index (χ2n) is 9.88. The second-order valence-corrected chi connectivity index (χ2v) is 9.88. The van der Waals surface area contributed by atoms with Crippen molar-refractivity contribution in [1.29, 1.82) is 0 Å². The standard InChI is InChI=1S/C35H28N4O5/c1-42-31-19-27-29(20-32(31)43-2)36-16-15-30(27)44-26-13-14-33(37-22-26)39(25-11-7-4-8-12-25)35(41)28-18-24(21-38-34(28)40)17-23-9-5-3-6-10-23/h3-16,18-22H,17H2,1-2H3,(H,38,40). The zero-order valence-corrected chi connectivity index (χ0v) is 24.1. The van der Waals surface area contributed by atoms with Gasteiger partial charge in [0.2, 0.25) is 0 Å². The van der Waals surface area contributed by atoms with Crippen molar-refractivity contribution in [2.75, 3.05) is 19.1 Å². The Morgan fingerprint density at radius 1 is 0.795 bits per heavy atom. The van der Waals surface area contributed by atoms with Gasteiger partial charge < -0.3 is 19.2 Å². The van der Waals surface area contributed by atoms with E-state index in [4.69, 9.17) is 14.2 Å². The maximum atomic E-state index is 14.0. The molecule has 3 aromatic carbocycles. The van der Waals surface area contributed by atoms with Gasteiger partial charge in [0, 0.05) is 23.8 Å². The maximum absolute atomic E-state index is 14.0. The number of benzene rings is 3. The summed E-state index contributed by atoms with van der Waals surface area (Å²) in [6.45, 7) is 0. The van der Waals surface area contributed by atoms with Gasteiger partial charge in [-0.1, -0.05) is 48.5 Å². The van der Waals surface area contributed by atoms with Gasteiger partial charge in [-0.2, -0.15) is 0 Å². The molecule has 0 spiro atoms. The summed E-state index contributed by atoms with van der Waals surface area (Å²) >= 11 is 0. The number of nitrogens with one attached hydrogen (secondary N) is 1. The Kier molecular flexibility index (Phi) is 8.00. The van der Waals surface area contributed by atoms with Gasteiger partial charge in [-0.15, -0.1) is 0 Å². The average molecular weight is 585 g/mol. The molecule has 0 aliphatic carbocycles. The summed E-state index contributed by atoms with van der Waals surface area (Å²) in [4.78, 5) is 40.1. The Hall–Kier alpha value is -5.96. The van der Waals surface area contributed by atoms with Gasteiger partial charge in [0.25, 0.3) is 11.5 Å². The quantitative estimate of drug-likeness (QED) is 0.202. The topological polar surface area (TPSA) is 107 Å². The van der Waals surface area contributed by atoms with Crippen molar-refractivity contribution < 1.29 is 19.0 Å². The van der Waals surface area contributed by atoms with Gasteiger partial charge in [0.05, 0.1) is 31.6 Å². The number of aromatic nitrogens is 3. The van der Waals surface area contributed by atoms with Crippen LogP contribution >= 0.6 is 0 Å². The number of amides is 1. The van der Waals surface area contributed by atoms with Crippen LogP contribution in [0.1, 0.15) is 21.5 Å². The Morgan fingerprint density at radius 3 is 2.23 bits per heavy atom. The number of H-pyrrole nitrogens is 1. The third kappa shape index (κ3) is 5.84. The fourth-order valence-electron chi connectivity index (χ4n) is 4.90. The average Bonchev–Trinajstić information content (AvgIpc) is 3.07. The number of pyridine rings is 3. The number of rotatable bonds is 9. The largest absolute Gasteiger partial charge is 0.493 e. The number of anilines is 2. The smallest absolute Gasteiger partial charge is 0.269 e. The molecule has 0 saturated heterocycles. The molecule has 1 N–H and O–H groups in total. The van der Waals surface area contributed by atoms with E-state index >= 15 is 0 Å². The lowest BCUT2D eigenvalue weighted by atomic mass is 10.0. The summed E-state index contributed by atoms with van der Waals surface area (Å²) < 4.78 is 17.0. The molecule has 3 heterocycles. The van der Waals surface area contributed by atoms with Crippen LogP contribution in [-0.2, 0) is 6.42 Å². The molecule has 218 valence electrons. The number of hydrogen-bond donors (Lipinski definition) is 1. The summed E-state index contributed by atoms with van der Waals surface area (Å²) in [7, 11) is 3.13. The Bertz CT molecular complexity index is 1980. The fraction of sp³-hybridized carbons (Fsp3) is 0.0857. The predicted octanol–water partition coefficient (Wildman–Crippen LogP) is 6.70. The first-order chi connectivity index (χ1) is 21.5. The van der Waals surface area contributed by atoms with Gasteiger partial charge in [0.1, 0.15) is 22.9 Å². The van der Waals surface area contributed by atoms with E-state index in [0.717, 1.165) is 16.5 Å². The third-order valence-corrected chi connectivity index (χ3v) is 7.05. The summed E-state index contributed by atoms with van der Waals surface area (Å²) in [6, 6.07) is 29.3. The van der Waals surface area contributed by atoms with Gasteiger partial charge in [-0.3, -0.25) is 19.5 Å². The van der Waals surface area contributed by atoms with Crippen molar-refractivity contribution in [1.82, 2.24) is 15.0 Å². The first-order valence-electron chi connectivity index (χ1n) is 13.8. The zero-order chi connectivity index (χ0) is 30.5. The minimum atomic E-state index is -0.505. The van der Waals surface area contributed by atoms with Crippen LogP contribution in [0, 0.1) is 0 Å². The van der Waals surface area contributed by atoms with E-state index in [-0.39, 0.29) is 5.56 Å². The molecule has 6 aromatic rings. The molecule has 0 atom stereocenters. The maximum Gasteiger partial charge on any atom is 0.269 e. The molecular weight excluding hydrogens is 556 g/mol. The van der Waals surface area contributed by atoms with Crippen LogP contribution < -0.4 is 24.7 Å². The van der Waals surface area contributed by atoms with Gasteiger partial charge in [0.15, 0.2) is 11.5 Å². The normalized spacial score (nSPS) is 10.8. The minimum Gasteiger partial charge on any atom is -0.493 e. The van der Waals surface area contributed by atoms with Crippen molar-refractivity contribution in [3.63, 3.8) is 0 Å². The Labute approximate surface area is 253 Å². The van der Waals surface area contributed by atoms with E-state index < -0.39 is 11.5 Å². The molecule has 0 aliphatic rings. The Balaban J connectivity index is 1.32. The van der Waals surface area contributed by atoms with Crippen molar-refractivity contribution in [3.8, 4) is 23.0 Å². The molecule has 0 unspecified atom stereocenters. The van der Waals surface area contributed by atoms with E-state index in [1.165, 1.54) is 11.1 Å². The van der Waals surface area contributed by atoms with Gasteiger partial charge in [-0.25, -0.2) is 4.98 Å². The molecule has 0 radical (unpaired) electrons. The van der Waals surface area contributed by atoms with Gasteiger partial charge >= 0.3 is 0 Å². The summed E-state index contributed by atoms with van der Waals surface area (Å²) in [5.74, 6) is 1.92. The first-order valence-corrected chi connectivity index (χ1v) is 13.8. The fourth-order valence-corrected chi connectivity index (χ4v) is 4.90. The number of fused-ring (bicyclic) bond motifs is 1. The zero-order valence-electron chi connectivity index (χ0n) is 24.1. The number of para-hydroxylation sites is 1. The van der Waals surface area contributed by atoms with Crippen LogP contribution in [0.5, 0.6) is 23.0 Å². The summed E-state index contributed by atoms with van der Waals surface area (Å²) in [6.07, 6.45) is 5.37. The van der Waals surface area contributed by atoms with Crippen LogP contribution in [0.2, 0.25) is 0 Å². The predicted molar refractivity (Wildman–Crippen MR) is 168 cm³/mol. The van der Waals surface area contributed by atoms with E-state index in [9.17, 15) is 9.59 Å². The van der Waals surface area contributed by atoms with Crippen LogP contribution in [-0.4, -0.2) is 35.1 Å². The molecule has 6 rings (SSSR count). The van der Waals surface area contributed by atoms with Crippen LogP contribution in [0.3, 0.4) is 0 Å². The molecule has 1 amide bonds. The molecule has 0 saturated carbocycles. The first kappa shape index (κ1) is 28.2. The number of aromatic amines is 1. The van der Waals surface area contributed by atoms with Crippen molar-refractivity contribution in [2.24, 2.45) is 0 Å². The Morgan fingerprint density at radius 2 is 1.52 bits per heavy atom. The van der Waals surface area contributed by atoms with Crippen molar-refractivity contribution in [3.05, 3.63) is 143 Å². The van der Waals surface area contributed by atoms with Crippen molar-refractivity contribution >= 4 is 28.3 Å². The molecule has 0 bridgehead atoms. The summed E-state index contributed by atoms with van der Waals surface area (Å²) in [5.41, 5.74) is 2.64. The number of methoxy groups -OCH3 is 2. The number of ether oxygens (including phenoxy) is 3. The van der Waals surface area contributed by atoms with Crippen LogP contribution in [0.4, 0.5) is 11.5 Å². The van der Waals surface area contributed by atoms with Crippen LogP contribution in [0.15, 0.2) is 120 Å². The second kappa shape index (κ2) is 12.5. The molecule has 44 heavy (non-hydrogen) atoms. The highest BCUT2D eigenvalue weighted by Crippen LogP contribution is 2.37. The highest BCUT2D eigenvalue weighted by molar-refractivity contribution is 6.10. The minimum absolute atomic E-state index is 0.0111. The van der Waals surface area contributed by atoms with Gasteiger partial charge in [-0.05, 0) is 60.0 Å². The van der Waals surface area contributed by atoms with E-state index in [1.54, 1.807) is 75.1 Å². The molecule has 0 fully saturated rings. The SMILES string of the molecule is COc1cc2nccc(Oc3ccc(N(C(=O)c4cc(Cc5ccccc5)c[nH]c4=O)c4ccccc4)nc3)c2cc1OC. The third-order valence-electron chi connectivity index (χ3n) is 7.05. The highest BCUT2D eigenvalue weighted by atomic mass is 16.5. The molecule has 3 aromatic heterocycles. The molecule has 9 heteroatoms. The lowest BCUT2D eigenvalue weighted by Gasteiger charge is -2.22. The van der Waals surface area contributed by atoms with Crippen molar-refractivity contribution in [2.45, 2.75) is 6.42 Å². The lowest BCUT2D eigenvalue weighted by Crippen LogP contribution is -2.32. The highest BCUT2D eigenvalue weighted by Gasteiger charge is 2.24. The van der Waals surface area contributed by atoms with E-state index in [0.29, 0.717) is 46.4 Å². The number of carbonyl (C=O) groups is 1. The molecule has 0 aliphatic heterocycles. The lowest BCUT2D eigenvalue weighted by molar-refractivity contribution is 0.0997. The molecular formula is C35H28N4O5. The summed E-state index contributed by atoms with van der Waals surface area (Å²) in [5, 5.41) is 0.727. The molecule has 9 nitrogen and oxygen atoms in total. The van der Waals surface area contributed by atoms with E-state index in [1.807, 2.05) is 48.5 Å². The van der Waals surface area contributed by atoms with E-state index in [2.05, 4.69) is 15.0 Å². The number of hydrogen-bond acceptors (Lipinski definition) is 7. The number of carbonyl (C=O) groups excluding carboxylic acids is 1. The number of nitrogens with zero attached hydrogens (tertiary/aromatic N) is 3. The van der Waals surface area contributed by atoms with Crippen LogP contribution in [0.25, 0.3) is 10.9 Å². The monoisotopic (exact) mass is 584 g/mol.